The molecule has 3 aromatic carbocycles. The van der Waals surface area contributed by atoms with Gasteiger partial charge in [-0.3, -0.25) is 9.59 Å². The van der Waals surface area contributed by atoms with Gasteiger partial charge in [-0.2, -0.15) is 0 Å². The second-order valence-corrected chi connectivity index (χ2v) is 6.76. The number of nitrogens with zero attached hydrogens (tertiary/aromatic N) is 1. The monoisotopic (exact) mass is 372 g/mol. The predicted octanol–water partition coefficient (Wildman–Crippen LogP) is 4.17. The summed E-state index contributed by atoms with van der Waals surface area (Å²) in [7, 11) is 0. The van der Waals surface area contributed by atoms with E-state index in [2.05, 4.69) is 5.32 Å². The number of fused-ring (bicyclic) bond motifs is 1. The van der Waals surface area contributed by atoms with E-state index in [1.54, 1.807) is 29.2 Å². The van der Waals surface area contributed by atoms with E-state index in [0.29, 0.717) is 29.2 Å². The Kier molecular flexibility index (Phi) is 4.81. The molecule has 4 rings (SSSR count). The lowest BCUT2D eigenvalue weighted by Crippen LogP contribution is -2.38. The highest BCUT2D eigenvalue weighted by Gasteiger charge is 2.26. The maximum atomic E-state index is 12.5. The zero-order valence-electron chi connectivity index (χ0n) is 15.5. The minimum atomic E-state index is -0.184. The van der Waals surface area contributed by atoms with E-state index in [1.807, 2.05) is 55.5 Å². The molecule has 2 amide bonds. The van der Waals surface area contributed by atoms with Crippen LogP contribution < -0.4 is 15.0 Å². The van der Waals surface area contributed by atoms with Gasteiger partial charge >= 0.3 is 0 Å². The SMILES string of the molecule is Cc1cccc(C(=O)Nc2ccc3c(c2)OCC(=O)N3Cc2ccccc2)c1. The minimum absolute atomic E-state index is 0.0187. The van der Waals surface area contributed by atoms with Crippen molar-refractivity contribution < 1.29 is 14.3 Å². The molecule has 0 aromatic heterocycles. The molecule has 1 aliphatic rings. The van der Waals surface area contributed by atoms with Crippen molar-refractivity contribution in [1.82, 2.24) is 0 Å². The third kappa shape index (κ3) is 3.74. The minimum Gasteiger partial charge on any atom is -0.481 e. The topological polar surface area (TPSA) is 58.6 Å². The maximum absolute atomic E-state index is 12.5. The molecule has 1 heterocycles. The average Bonchev–Trinajstić information content (AvgIpc) is 2.71. The first-order valence-corrected chi connectivity index (χ1v) is 9.09. The van der Waals surface area contributed by atoms with Crippen molar-refractivity contribution in [3.63, 3.8) is 0 Å². The van der Waals surface area contributed by atoms with Gasteiger partial charge in [-0.25, -0.2) is 0 Å². The molecule has 0 spiro atoms. The fourth-order valence-corrected chi connectivity index (χ4v) is 3.21. The number of carbonyl (C=O) groups excluding carboxylic acids is 2. The van der Waals surface area contributed by atoms with Gasteiger partial charge < -0.3 is 15.0 Å². The van der Waals surface area contributed by atoms with Crippen LogP contribution in [-0.4, -0.2) is 18.4 Å². The number of aryl methyl sites for hydroxylation is 1. The molecule has 1 aliphatic heterocycles. The van der Waals surface area contributed by atoms with E-state index < -0.39 is 0 Å². The summed E-state index contributed by atoms with van der Waals surface area (Å²) in [6.45, 7) is 2.40. The van der Waals surface area contributed by atoms with Crippen molar-refractivity contribution in [3.05, 3.63) is 89.5 Å². The fraction of sp³-hybridized carbons (Fsp3) is 0.130. The average molecular weight is 372 g/mol. The van der Waals surface area contributed by atoms with E-state index in [9.17, 15) is 9.59 Å². The van der Waals surface area contributed by atoms with Crippen molar-refractivity contribution in [3.8, 4) is 5.75 Å². The highest BCUT2D eigenvalue weighted by molar-refractivity contribution is 6.05. The largest absolute Gasteiger partial charge is 0.481 e. The molecule has 3 aromatic rings. The van der Waals surface area contributed by atoms with Gasteiger partial charge in [0.1, 0.15) is 5.75 Å². The number of amides is 2. The smallest absolute Gasteiger partial charge is 0.265 e. The lowest BCUT2D eigenvalue weighted by Gasteiger charge is -2.29. The van der Waals surface area contributed by atoms with Crippen LogP contribution in [0.15, 0.2) is 72.8 Å². The molecule has 0 unspecified atom stereocenters. The van der Waals surface area contributed by atoms with Crippen LogP contribution in [0.4, 0.5) is 11.4 Å². The third-order valence-electron chi connectivity index (χ3n) is 4.62. The van der Waals surface area contributed by atoms with Gasteiger partial charge in [0.05, 0.1) is 12.2 Å². The normalized spacial score (nSPS) is 12.9. The number of hydrogen-bond acceptors (Lipinski definition) is 3. The van der Waals surface area contributed by atoms with Gasteiger partial charge in [0, 0.05) is 17.3 Å². The molecule has 5 nitrogen and oxygen atoms in total. The Morgan fingerprint density at radius 2 is 1.86 bits per heavy atom. The molecule has 140 valence electrons. The first-order valence-electron chi connectivity index (χ1n) is 9.09. The van der Waals surface area contributed by atoms with E-state index in [-0.39, 0.29) is 18.4 Å². The summed E-state index contributed by atoms with van der Waals surface area (Å²) < 4.78 is 5.61. The second kappa shape index (κ2) is 7.56. The van der Waals surface area contributed by atoms with Crippen molar-refractivity contribution in [2.45, 2.75) is 13.5 Å². The molecule has 0 aliphatic carbocycles. The summed E-state index contributed by atoms with van der Waals surface area (Å²) in [4.78, 5) is 26.6. The maximum Gasteiger partial charge on any atom is 0.265 e. The van der Waals surface area contributed by atoms with Crippen LogP contribution in [0, 0.1) is 6.92 Å². The molecule has 0 saturated heterocycles. The quantitative estimate of drug-likeness (QED) is 0.748. The van der Waals surface area contributed by atoms with Gasteiger partial charge in [0.15, 0.2) is 6.61 Å². The molecule has 0 radical (unpaired) electrons. The highest BCUT2D eigenvalue weighted by Crippen LogP contribution is 2.35. The van der Waals surface area contributed by atoms with Gasteiger partial charge in [-0.15, -0.1) is 0 Å². The van der Waals surface area contributed by atoms with Crippen LogP contribution in [0.25, 0.3) is 0 Å². The lowest BCUT2D eigenvalue weighted by molar-refractivity contribution is -0.121. The number of nitrogens with one attached hydrogen (secondary N) is 1. The van der Waals surface area contributed by atoms with Crippen LogP contribution in [-0.2, 0) is 11.3 Å². The Hall–Kier alpha value is -3.60. The number of anilines is 2. The molecule has 1 N–H and O–H groups in total. The van der Waals surface area contributed by atoms with Gasteiger partial charge in [0.25, 0.3) is 11.8 Å². The summed E-state index contributed by atoms with van der Waals surface area (Å²) in [6.07, 6.45) is 0. The zero-order chi connectivity index (χ0) is 19.5. The molecule has 0 saturated carbocycles. The number of hydrogen-bond donors (Lipinski definition) is 1. The number of ether oxygens (including phenoxy) is 1. The van der Waals surface area contributed by atoms with Crippen molar-refractivity contribution in [2.24, 2.45) is 0 Å². The van der Waals surface area contributed by atoms with Gasteiger partial charge in [0.2, 0.25) is 0 Å². The van der Waals surface area contributed by atoms with Crippen molar-refractivity contribution in [1.29, 1.82) is 0 Å². The summed E-state index contributed by atoms with van der Waals surface area (Å²) in [5.41, 5.74) is 3.99. The zero-order valence-corrected chi connectivity index (χ0v) is 15.5. The Labute approximate surface area is 163 Å². The summed E-state index contributed by atoms with van der Waals surface area (Å²) >= 11 is 0. The van der Waals surface area contributed by atoms with E-state index >= 15 is 0 Å². The highest BCUT2D eigenvalue weighted by atomic mass is 16.5. The molecule has 28 heavy (non-hydrogen) atoms. The van der Waals surface area contributed by atoms with Gasteiger partial charge in [-0.05, 0) is 36.8 Å². The van der Waals surface area contributed by atoms with E-state index in [4.69, 9.17) is 4.74 Å². The number of rotatable bonds is 4. The molecular formula is C23H20N2O3. The fourth-order valence-electron chi connectivity index (χ4n) is 3.21. The summed E-state index contributed by atoms with van der Waals surface area (Å²) in [6, 6.07) is 22.6. The Morgan fingerprint density at radius 1 is 1.04 bits per heavy atom. The summed E-state index contributed by atoms with van der Waals surface area (Å²) in [5, 5.41) is 2.89. The standard InChI is InChI=1S/C23H20N2O3/c1-16-6-5-9-18(12-16)23(27)24-19-10-11-20-21(13-19)28-15-22(26)25(20)14-17-7-3-2-4-8-17/h2-13H,14-15H2,1H3,(H,24,27). The second-order valence-electron chi connectivity index (χ2n) is 6.76. The third-order valence-corrected chi connectivity index (χ3v) is 4.62. The summed E-state index contributed by atoms with van der Waals surface area (Å²) in [5.74, 6) is 0.308. The molecule has 0 atom stereocenters. The van der Waals surface area contributed by atoms with Crippen LogP contribution in [0.2, 0.25) is 0 Å². The first kappa shape index (κ1) is 17.8. The molecular weight excluding hydrogens is 352 g/mol. The van der Waals surface area contributed by atoms with E-state index in [0.717, 1.165) is 11.1 Å². The van der Waals surface area contributed by atoms with Crippen LogP contribution in [0.3, 0.4) is 0 Å². The molecule has 5 heteroatoms. The van der Waals surface area contributed by atoms with Crippen molar-refractivity contribution >= 4 is 23.2 Å². The van der Waals surface area contributed by atoms with E-state index in [1.165, 1.54) is 0 Å². The first-order chi connectivity index (χ1) is 13.6. The molecule has 0 bridgehead atoms. The van der Waals surface area contributed by atoms with Crippen molar-refractivity contribution in [2.75, 3.05) is 16.8 Å². The number of carbonyl (C=O) groups is 2. The van der Waals surface area contributed by atoms with Gasteiger partial charge in [-0.1, -0.05) is 48.0 Å². The van der Waals surface area contributed by atoms with Crippen LogP contribution >= 0.6 is 0 Å². The van der Waals surface area contributed by atoms with Crippen LogP contribution in [0.1, 0.15) is 21.5 Å². The van der Waals surface area contributed by atoms with Crippen LogP contribution in [0.5, 0.6) is 5.75 Å². The Balaban J connectivity index is 1.56. The molecule has 0 fully saturated rings. The Bertz CT molecular complexity index is 1030. The Morgan fingerprint density at radius 3 is 2.64 bits per heavy atom. The number of benzene rings is 3. The lowest BCUT2D eigenvalue weighted by atomic mass is 10.1. The predicted molar refractivity (Wildman–Crippen MR) is 109 cm³/mol.